The molecule has 0 unspecified atom stereocenters. The van der Waals surface area contributed by atoms with Gasteiger partial charge in [0.2, 0.25) is 0 Å². The Bertz CT molecular complexity index is 368. The molecule has 0 aliphatic rings. The molecule has 0 aromatic heterocycles. The predicted octanol–water partition coefficient (Wildman–Crippen LogP) is -2.33. The molecule has 29 heavy (non-hydrogen) atoms. The van der Waals surface area contributed by atoms with Gasteiger partial charge in [-0.3, -0.25) is 9.59 Å². The summed E-state index contributed by atoms with van der Waals surface area (Å²) in [5.74, 6) is -3.73. The van der Waals surface area contributed by atoms with Gasteiger partial charge in [0.15, 0.2) is 0 Å². The third-order valence-electron chi connectivity index (χ3n) is 1.61. The van der Waals surface area contributed by atoms with Crippen molar-refractivity contribution in [3.63, 3.8) is 0 Å². The molecule has 0 bridgehead atoms. The fraction of sp³-hybridized carbons (Fsp3) is 0.778. The molecule has 0 aliphatic carbocycles. The van der Waals surface area contributed by atoms with Gasteiger partial charge in [-0.15, -0.1) is 12.2 Å². The average Bonchev–Trinajstić information content (AvgIpc) is 2.51. The molecule has 0 amide bonds. The number of esters is 2. The third kappa shape index (κ3) is 75.6. The molecule has 0 heterocycles. The van der Waals surface area contributed by atoms with E-state index < -0.39 is 49.3 Å². The summed E-state index contributed by atoms with van der Waals surface area (Å²) in [6.07, 6.45) is 0.998. The monoisotopic (exact) mass is 456 g/mol. The minimum Gasteiger partial charge on any atom is -0.852 e. The van der Waals surface area contributed by atoms with Crippen molar-refractivity contribution < 1.29 is 70.8 Å². The summed E-state index contributed by atoms with van der Waals surface area (Å²) in [4.78, 5) is 40.3. The second-order valence-corrected chi connectivity index (χ2v) is 5.66. The number of carbonyl (C=O) groups excluding carboxylic acids is 4. The molecule has 11 heteroatoms. The maximum absolute atomic E-state index is 10.4. The van der Waals surface area contributed by atoms with Crippen molar-refractivity contribution in [2.24, 2.45) is 0 Å². The van der Waals surface area contributed by atoms with Gasteiger partial charge < -0.3 is 39.5 Å². The van der Waals surface area contributed by atoms with E-state index >= 15 is 0 Å². The minimum atomic E-state index is -1.37. The maximum atomic E-state index is 10.4. The molecule has 0 N–H and O–H groups in total. The molecule has 0 spiro atoms. The molecular weight excluding hydrogens is 424 g/mol. The second kappa shape index (κ2) is 28.7. The van der Waals surface area contributed by atoms with Crippen LogP contribution in [0.5, 0.6) is 0 Å². The zero-order chi connectivity index (χ0) is 23.1. The Morgan fingerprint density at radius 3 is 1.03 bits per heavy atom. The number of rotatable bonds is 8. The van der Waals surface area contributed by atoms with Crippen molar-refractivity contribution in [3.05, 3.63) is 0 Å². The fourth-order valence-electron chi connectivity index (χ4n) is 0.831. The van der Waals surface area contributed by atoms with Crippen molar-refractivity contribution in [2.45, 2.75) is 79.4 Å². The molecule has 0 rings (SSSR count). The molecular formula is C18H32O10Ti. The zero-order valence-electron chi connectivity index (χ0n) is 18.0. The van der Waals surface area contributed by atoms with Crippen LogP contribution in [0.4, 0.5) is 0 Å². The standard InChI is InChI=1S/2C6H10O4.2C3H7O.Ti/c2*1-2-3-6(9)10-4-5(7)8;2*1-3(2)4;/h2*2-4H2,1H3,(H,7,8);2*3H,1-2H3;/q;;2*-1;+4/p-2. The van der Waals surface area contributed by atoms with Crippen LogP contribution >= 0.6 is 0 Å². The number of aliphatic carboxylic acids is 2. The van der Waals surface area contributed by atoms with Crippen LogP contribution in [-0.4, -0.2) is 49.3 Å². The largest absolute Gasteiger partial charge is 4.00 e. The molecule has 0 aromatic rings. The Kier molecular flexibility index (Phi) is 37.8. The Morgan fingerprint density at radius 2 is 0.897 bits per heavy atom. The molecule has 168 valence electrons. The van der Waals surface area contributed by atoms with Gasteiger partial charge in [-0.05, 0) is 12.8 Å². The first-order chi connectivity index (χ1) is 12.8. The smallest absolute Gasteiger partial charge is 0.852 e. The zero-order valence-corrected chi connectivity index (χ0v) is 19.5. The van der Waals surface area contributed by atoms with Gasteiger partial charge in [0.25, 0.3) is 0 Å². The van der Waals surface area contributed by atoms with E-state index in [2.05, 4.69) is 9.47 Å². The molecule has 0 radical (unpaired) electrons. The first kappa shape index (κ1) is 38.2. The Balaban J connectivity index is -0.0000000950. The van der Waals surface area contributed by atoms with Crippen LogP contribution in [0.15, 0.2) is 0 Å². The van der Waals surface area contributed by atoms with Crippen molar-refractivity contribution in [3.8, 4) is 0 Å². The number of hydrogen-bond acceptors (Lipinski definition) is 10. The van der Waals surface area contributed by atoms with E-state index in [0.29, 0.717) is 12.8 Å². The van der Waals surface area contributed by atoms with Crippen molar-refractivity contribution in [2.75, 3.05) is 13.2 Å². The number of carbonyl (C=O) groups is 4. The van der Waals surface area contributed by atoms with E-state index in [-0.39, 0.29) is 34.6 Å². The molecule has 10 nitrogen and oxygen atoms in total. The second-order valence-electron chi connectivity index (χ2n) is 5.66. The first-order valence-electron chi connectivity index (χ1n) is 8.82. The van der Waals surface area contributed by atoms with Gasteiger partial charge in [0.1, 0.15) is 13.2 Å². The summed E-state index contributed by atoms with van der Waals surface area (Å²) in [7, 11) is 0. The van der Waals surface area contributed by atoms with Crippen LogP contribution in [0.2, 0.25) is 0 Å². The normalized spacial score (nSPS) is 8.62. The van der Waals surface area contributed by atoms with E-state index in [1.54, 1.807) is 41.5 Å². The minimum absolute atomic E-state index is 0. The summed E-state index contributed by atoms with van der Waals surface area (Å²) in [6.45, 7) is 8.78. The van der Waals surface area contributed by atoms with E-state index in [4.69, 9.17) is 0 Å². The summed E-state index contributed by atoms with van der Waals surface area (Å²) < 4.78 is 8.49. The first-order valence-corrected chi connectivity index (χ1v) is 8.82. The van der Waals surface area contributed by atoms with E-state index in [0.717, 1.165) is 0 Å². The summed E-state index contributed by atoms with van der Waals surface area (Å²) in [5, 5.41) is 38.5. The van der Waals surface area contributed by atoms with E-state index in [1.165, 1.54) is 0 Å². The molecule has 0 saturated heterocycles. The van der Waals surface area contributed by atoms with Gasteiger partial charge in [-0.25, -0.2) is 0 Å². The van der Waals surface area contributed by atoms with Gasteiger partial charge in [-0.2, -0.15) is 0 Å². The number of ether oxygens (including phenoxy) is 2. The topological polar surface area (TPSA) is 179 Å². The van der Waals surface area contributed by atoms with Gasteiger partial charge in [-0.1, -0.05) is 41.5 Å². The van der Waals surface area contributed by atoms with Crippen LogP contribution in [0.25, 0.3) is 0 Å². The van der Waals surface area contributed by atoms with Crippen LogP contribution in [-0.2, 0) is 50.4 Å². The summed E-state index contributed by atoms with van der Waals surface area (Å²) >= 11 is 0. The predicted molar refractivity (Wildman–Crippen MR) is 92.0 cm³/mol. The van der Waals surface area contributed by atoms with Crippen LogP contribution in [0.1, 0.15) is 67.2 Å². The molecule has 0 atom stereocenters. The summed E-state index contributed by atoms with van der Waals surface area (Å²) in [6, 6.07) is 0. The maximum Gasteiger partial charge on any atom is 4.00 e. The molecule has 0 aromatic carbocycles. The van der Waals surface area contributed by atoms with Crippen LogP contribution in [0.3, 0.4) is 0 Å². The fourth-order valence-corrected chi connectivity index (χ4v) is 0.831. The molecule has 0 fully saturated rings. The van der Waals surface area contributed by atoms with E-state index in [1.807, 2.05) is 0 Å². The quantitative estimate of drug-likeness (QED) is 0.284. The SMILES string of the molecule is CC(C)[O-].CC(C)[O-].CCCC(=O)OCC(=O)[O-].CCCC(=O)OCC(=O)[O-].[Ti+4]. The third-order valence-corrected chi connectivity index (χ3v) is 1.61. The Labute approximate surface area is 187 Å². The Hall–Kier alpha value is -1.49. The van der Waals surface area contributed by atoms with Crippen molar-refractivity contribution >= 4 is 23.9 Å². The number of hydrogen-bond donors (Lipinski definition) is 0. The average molecular weight is 456 g/mol. The summed E-state index contributed by atoms with van der Waals surface area (Å²) in [5.41, 5.74) is 0. The van der Waals surface area contributed by atoms with E-state index in [9.17, 15) is 39.6 Å². The molecule has 0 aliphatic heterocycles. The van der Waals surface area contributed by atoms with Crippen LogP contribution in [0, 0.1) is 0 Å². The number of carboxylic acids is 2. The van der Waals surface area contributed by atoms with Gasteiger partial charge in [0, 0.05) is 12.8 Å². The van der Waals surface area contributed by atoms with Gasteiger partial charge >= 0.3 is 33.7 Å². The molecule has 0 saturated carbocycles. The van der Waals surface area contributed by atoms with Crippen molar-refractivity contribution in [1.29, 1.82) is 0 Å². The van der Waals surface area contributed by atoms with Crippen molar-refractivity contribution in [1.82, 2.24) is 0 Å². The van der Waals surface area contributed by atoms with Gasteiger partial charge in [0.05, 0.1) is 11.9 Å². The Morgan fingerprint density at radius 1 is 0.690 bits per heavy atom. The number of carboxylic acid groups (broad SMARTS) is 2. The van der Waals surface area contributed by atoms with Crippen LogP contribution < -0.4 is 20.4 Å².